The Morgan fingerprint density at radius 2 is 1.93 bits per heavy atom. The average Bonchev–Trinajstić information content (AvgIpc) is 2.59. The zero-order valence-corrected chi connectivity index (χ0v) is 14.3. The normalized spacial score (nSPS) is 12.8. The summed E-state index contributed by atoms with van der Waals surface area (Å²) < 4.78 is 41.4. The summed E-state index contributed by atoms with van der Waals surface area (Å²) in [5.74, 6) is -0.212. The fourth-order valence-electron chi connectivity index (χ4n) is 2.48. The molecule has 9 heteroatoms. The largest absolute Gasteiger partial charge is 0.573 e. The molecule has 4 N–H and O–H groups in total. The number of ether oxygens (including phenoxy) is 1. The van der Waals surface area contributed by atoms with Gasteiger partial charge in [-0.2, -0.15) is 0 Å². The standard InChI is InChI=1S/C18H17F3N4O2/c1-10(22)9-23-16-12-4-2-3-5-14(12)24-17(25-16)13-8-11(6-7-15(13)26)27-18(19,20)21/h2-8,10,26H,9,22H2,1H3,(H,23,24,25). The van der Waals surface area contributed by atoms with Crippen LogP contribution in [0.5, 0.6) is 11.5 Å². The molecule has 0 bridgehead atoms. The highest BCUT2D eigenvalue weighted by atomic mass is 19.4. The van der Waals surface area contributed by atoms with Crippen LogP contribution in [-0.2, 0) is 0 Å². The molecule has 3 aromatic rings. The molecule has 0 amide bonds. The van der Waals surface area contributed by atoms with E-state index in [1.807, 2.05) is 19.1 Å². The smallest absolute Gasteiger partial charge is 0.507 e. The number of anilines is 1. The predicted molar refractivity (Wildman–Crippen MR) is 95.5 cm³/mol. The van der Waals surface area contributed by atoms with Gasteiger partial charge in [-0.3, -0.25) is 0 Å². The number of nitrogens with zero attached hydrogens (tertiary/aromatic N) is 2. The van der Waals surface area contributed by atoms with Gasteiger partial charge in [0.15, 0.2) is 5.82 Å². The molecule has 0 fully saturated rings. The molecule has 0 saturated heterocycles. The molecule has 2 aromatic carbocycles. The lowest BCUT2D eigenvalue weighted by molar-refractivity contribution is -0.274. The minimum Gasteiger partial charge on any atom is -0.507 e. The molecule has 27 heavy (non-hydrogen) atoms. The van der Waals surface area contributed by atoms with E-state index in [1.54, 1.807) is 12.1 Å². The maximum Gasteiger partial charge on any atom is 0.573 e. The third kappa shape index (κ3) is 4.56. The summed E-state index contributed by atoms with van der Waals surface area (Å²) in [6.45, 7) is 2.25. The van der Waals surface area contributed by atoms with Gasteiger partial charge in [0.05, 0.1) is 11.1 Å². The van der Waals surface area contributed by atoms with Crippen LogP contribution in [0, 0.1) is 0 Å². The number of hydrogen-bond acceptors (Lipinski definition) is 6. The third-order valence-electron chi connectivity index (χ3n) is 3.64. The van der Waals surface area contributed by atoms with E-state index in [1.165, 1.54) is 0 Å². The summed E-state index contributed by atoms with van der Waals surface area (Å²) in [7, 11) is 0. The molecule has 0 saturated carbocycles. The van der Waals surface area contributed by atoms with Crippen LogP contribution in [0.25, 0.3) is 22.3 Å². The van der Waals surface area contributed by atoms with Crippen LogP contribution >= 0.6 is 0 Å². The summed E-state index contributed by atoms with van der Waals surface area (Å²) in [5, 5.41) is 13.9. The number of fused-ring (bicyclic) bond motifs is 1. The highest BCUT2D eigenvalue weighted by Crippen LogP contribution is 2.34. The Morgan fingerprint density at radius 1 is 1.19 bits per heavy atom. The molecule has 6 nitrogen and oxygen atoms in total. The quantitative estimate of drug-likeness (QED) is 0.627. The molecule has 1 atom stereocenters. The Kier molecular flexibility index (Phi) is 5.04. The van der Waals surface area contributed by atoms with Crippen molar-refractivity contribution in [3.8, 4) is 22.9 Å². The van der Waals surface area contributed by atoms with Crippen molar-refractivity contribution in [2.24, 2.45) is 5.73 Å². The minimum absolute atomic E-state index is 0.0198. The second-order valence-electron chi connectivity index (χ2n) is 6.00. The highest BCUT2D eigenvalue weighted by Gasteiger charge is 2.31. The van der Waals surface area contributed by atoms with Gasteiger partial charge < -0.3 is 20.9 Å². The molecule has 0 aliphatic carbocycles. The van der Waals surface area contributed by atoms with Crippen molar-refractivity contribution in [2.45, 2.75) is 19.3 Å². The summed E-state index contributed by atoms with van der Waals surface area (Å²) in [4.78, 5) is 8.72. The Morgan fingerprint density at radius 3 is 2.63 bits per heavy atom. The fourth-order valence-corrected chi connectivity index (χ4v) is 2.48. The number of para-hydroxylation sites is 1. The van der Waals surface area contributed by atoms with Crippen LogP contribution in [0.3, 0.4) is 0 Å². The van der Waals surface area contributed by atoms with Crippen molar-refractivity contribution < 1.29 is 23.0 Å². The topological polar surface area (TPSA) is 93.3 Å². The lowest BCUT2D eigenvalue weighted by Crippen LogP contribution is -2.25. The molecule has 0 spiro atoms. The van der Waals surface area contributed by atoms with E-state index in [0.29, 0.717) is 17.9 Å². The minimum atomic E-state index is -4.84. The molecule has 0 aliphatic heterocycles. The Bertz CT molecular complexity index is 961. The maximum absolute atomic E-state index is 12.5. The van der Waals surface area contributed by atoms with Gasteiger partial charge >= 0.3 is 6.36 Å². The number of phenolic OH excluding ortho intramolecular Hbond substituents is 1. The van der Waals surface area contributed by atoms with Crippen molar-refractivity contribution in [2.75, 3.05) is 11.9 Å². The second kappa shape index (κ2) is 7.28. The van der Waals surface area contributed by atoms with E-state index < -0.39 is 12.1 Å². The number of halogens is 3. The van der Waals surface area contributed by atoms with E-state index in [9.17, 15) is 18.3 Å². The van der Waals surface area contributed by atoms with Crippen molar-refractivity contribution in [1.29, 1.82) is 0 Å². The molecular weight excluding hydrogens is 361 g/mol. The summed E-state index contributed by atoms with van der Waals surface area (Å²) in [6, 6.07) is 10.2. The van der Waals surface area contributed by atoms with Crippen LogP contribution in [0.2, 0.25) is 0 Å². The van der Waals surface area contributed by atoms with Gasteiger partial charge in [-0.05, 0) is 37.3 Å². The van der Waals surface area contributed by atoms with Crippen molar-refractivity contribution in [3.05, 3.63) is 42.5 Å². The van der Waals surface area contributed by atoms with E-state index in [-0.39, 0.29) is 23.2 Å². The zero-order valence-electron chi connectivity index (χ0n) is 14.3. The monoisotopic (exact) mass is 378 g/mol. The lowest BCUT2D eigenvalue weighted by atomic mass is 10.1. The summed E-state index contributed by atoms with van der Waals surface area (Å²) >= 11 is 0. The van der Waals surface area contributed by atoms with Crippen molar-refractivity contribution in [1.82, 2.24) is 9.97 Å². The highest BCUT2D eigenvalue weighted by molar-refractivity contribution is 5.91. The zero-order chi connectivity index (χ0) is 19.6. The lowest BCUT2D eigenvalue weighted by Gasteiger charge is -2.14. The first kappa shape index (κ1) is 18.7. The third-order valence-corrected chi connectivity index (χ3v) is 3.64. The van der Waals surface area contributed by atoms with Gasteiger partial charge in [0.25, 0.3) is 0 Å². The molecule has 0 aliphatic rings. The number of phenols is 1. The van der Waals surface area contributed by atoms with E-state index in [2.05, 4.69) is 20.0 Å². The maximum atomic E-state index is 12.5. The molecule has 3 rings (SSSR count). The van der Waals surface area contributed by atoms with Crippen LogP contribution in [0.4, 0.5) is 19.0 Å². The molecular formula is C18H17F3N4O2. The van der Waals surface area contributed by atoms with E-state index in [4.69, 9.17) is 5.73 Å². The fraction of sp³-hybridized carbons (Fsp3) is 0.222. The molecule has 142 valence electrons. The number of nitrogens with one attached hydrogen (secondary N) is 1. The van der Waals surface area contributed by atoms with E-state index in [0.717, 1.165) is 23.6 Å². The van der Waals surface area contributed by atoms with Gasteiger partial charge in [0.2, 0.25) is 0 Å². The van der Waals surface area contributed by atoms with Gasteiger partial charge in [-0.1, -0.05) is 12.1 Å². The first-order valence-electron chi connectivity index (χ1n) is 8.08. The van der Waals surface area contributed by atoms with Gasteiger partial charge in [0.1, 0.15) is 17.3 Å². The van der Waals surface area contributed by atoms with Gasteiger partial charge in [-0.25, -0.2) is 9.97 Å². The molecule has 1 aromatic heterocycles. The SMILES string of the molecule is CC(N)CNc1nc(-c2cc(OC(F)(F)F)ccc2O)nc2ccccc12. The number of aromatic nitrogens is 2. The van der Waals surface area contributed by atoms with Crippen LogP contribution < -0.4 is 15.8 Å². The van der Waals surface area contributed by atoms with Gasteiger partial charge in [-0.15, -0.1) is 13.2 Å². The van der Waals surface area contributed by atoms with Gasteiger partial charge in [0, 0.05) is 18.0 Å². The number of rotatable bonds is 5. The van der Waals surface area contributed by atoms with Crippen LogP contribution in [0.15, 0.2) is 42.5 Å². The van der Waals surface area contributed by atoms with Crippen molar-refractivity contribution >= 4 is 16.7 Å². The van der Waals surface area contributed by atoms with Crippen LogP contribution in [-0.4, -0.2) is 34.0 Å². The predicted octanol–water partition coefficient (Wildman–Crippen LogP) is 3.66. The summed E-state index contributed by atoms with van der Waals surface area (Å²) in [6.07, 6.45) is -4.84. The Labute approximate surface area is 152 Å². The van der Waals surface area contributed by atoms with Crippen molar-refractivity contribution in [3.63, 3.8) is 0 Å². The van der Waals surface area contributed by atoms with Crippen LogP contribution in [0.1, 0.15) is 6.92 Å². The Hall–Kier alpha value is -3.07. The number of hydrogen-bond donors (Lipinski definition) is 3. The molecule has 1 unspecified atom stereocenters. The first-order chi connectivity index (χ1) is 12.7. The Balaban J connectivity index is 2.09. The summed E-state index contributed by atoms with van der Waals surface area (Å²) in [5.41, 5.74) is 6.35. The number of alkyl halides is 3. The molecule has 0 radical (unpaired) electrons. The average molecular weight is 378 g/mol. The second-order valence-corrected chi connectivity index (χ2v) is 6.00. The first-order valence-corrected chi connectivity index (χ1v) is 8.08. The molecule has 1 heterocycles. The van der Waals surface area contributed by atoms with E-state index >= 15 is 0 Å². The number of benzene rings is 2. The number of nitrogens with two attached hydrogens (primary N) is 1. The number of aromatic hydroxyl groups is 1.